The summed E-state index contributed by atoms with van der Waals surface area (Å²) in [5, 5.41) is 0. The van der Waals surface area contributed by atoms with Crippen molar-refractivity contribution in [1.82, 2.24) is 0 Å². The van der Waals surface area contributed by atoms with E-state index in [2.05, 4.69) is 0 Å². The molecule has 0 spiro atoms. The van der Waals surface area contributed by atoms with Crippen LogP contribution < -0.4 is 5.73 Å². The normalized spacial score (nSPS) is 14.5. The number of halogens is 1. The Kier molecular flexibility index (Phi) is 7.79. The maximum atomic E-state index is 10.8. The van der Waals surface area contributed by atoms with Gasteiger partial charge in [0.2, 0.25) is 0 Å². The van der Waals surface area contributed by atoms with Crippen molar-refractivity contribution in [2.75, 3.05) is 0 Å². The molecule has 0 aliphatic carbocycles. The second kappa shape index (κ2) is 6.43. The van der Waals surface area contributed by atoms with Crippen LogP contribution in [-0.2, 0) is 9.53 Å². The number of carbonyl (C=O) groups is 1. The van der Waals surface area contributed by atoms with Gasteiger partial charge < -0.3 is 10.5 Å². The first-order valence-corrected chi connectivity index (χ1v) is 3.54. The molecule has 0 fully saturated rings. The van der Waals surface area contributed by atoms with Crippen molar-refractivity contribution in [3.05, 3.63) is 0 Å². The fraction of sp³-hybridized carbons (Fsp3) is 0.857. The highest BCUT2D eigenvalue weighted by Crippen LogP contribution is 1.97. The third kappa shape index (κ3) is 6.13. The molecule has 2 N–H and O–H groups in total. The van der Waals surface area contributed by atoms with E-state index in [9.17, 15) is 4.79 Å². The lowest BCUT2D eigenvalue weighted by Gasteiger charge is -2.11. The lowest BCUT2D eigenvalue weighted by molar-refractivity contribution is -0.149. The molecule has 0 heterocycles. The Morgan fingerprint density at radius 1 is 1.55 bits per heavy atom. The first kappa shape index (κ1) is 13.3. The first-order chi connectivity index (χ1) is 4.57. The van der Waals surface area contributed by atoms with Gasteiger partial charge in [-0.25, -0.2) is 0 Å². The topological polar surface area (TPSA) is 52.3 Å². The van der Waals surface area contributed by atoms with Gasteiger partial charge in [0.15, 0.2) is 0 Å². The number of esters is 1. The highest BCUT2D eigenvalue weighted by molar-refractivity contribution is 5.85. The summed E-state index contributed by atoms with van der Waals surface area (Å²) >= 11 is 0. The zero-order valence-electron chi connectivity index (χ0n) is 7.16. The Hall–Kier alpha value is -0.280. The maximum absolute atomic E-state index is 10.8. The van der Waals surface area contributed by atoms with E-state index in [1.54, 1.807) is 6.92 Å². The molecule has 0 aliphatic heterocycles. The van der Waals surface area contributed by atoms with Crippen LogP contribution in [0.3, 0.4) is 0 Å². The van der Waals surface area contributed by atoms with Crippen molar-refractivity contribution in [1.29, 1.82) is 0 Å². The number of nitrogens with two attached hydrogens (primary N) is 1. The zero-order valence-corrected chi connectivity index (χ0v) is 7.98. The molecule has 0 bridgehead atoms. The number of carbonyl (C=O) groups excluding carboxylic acids is 1. The summed E-state index contributed by atoms with van der Waals surface area (Å²) in [4.78, 5) is 10.8. The van der Waals surface area contributed by atoms with Gasteiger partial charge in [0.1, 0.15) is 6.04 Å². The Balaban J connectivity index is 0. The summed E-state index contributed by atoms with van der Waals surface area (Å²) in [6, 6.07) is -0.506. The van der Waals surface area contributed by atoms with Gasteiger partial charge in [-0.05, 0) is 20.3 Å². The molecule has 3 nitrogen and oxygen atoms in total. The quantitative estimate of drug-likeness (QED) is 0.664. The predicted octanol–water partition coefficient (Wildman–Crippen LogP) is 1.10. The Morgan fingerprint density at radius 3 is 2.27 bits per heavy atom. The molecular formula is C7H16ClNO2. The van der Waals surface area contributed by atoms with Gasteiger partial charge in [-0.15, -0.1) is 12.4 Å². The van der Waals surface area contributed by atoms with Crippen LogP contribution in [0.1, 0.15) is 27.2 Å². The number of hydrogen-bond donors (Lipinski definition) is 1. The summed E-state index contributed by atoms with van der Waals surface area (Å²) in [6.45, 7) is 5.42. The van der Waals surface area contributed by atoms with Crippen molar-refractivity contribution >= 4 is 18.4 Å². The predicted molar refractivity (Wildman–Crippen MR) is 46.7 cm³/mol. The third-order valence-electron chi connectivity index (χ3n) is 1.26. The smallest absolute Gasteiger partial charge is 0.322 e. The molecular weight excluding hydrogens is 166 g/mol. The standard InChI is InChI=1S/C7H15NO2.ClH/c1-4-5(2)10-7(9)6(3)8;/h5-6H,4,8H2,1-3H3;1H/t5-,6-;/m0./s1. The molecule has 68 valence electrons. The molecule has 0 saturated heterocycles. The Labute approximate surface area is 73.7 Å². The van der Waals surface area contributed by atoms with E-state index in [0.717, 1.165) is 6.42 Å². The van der Waals surface area contributed by atoms with E-state index in [-0.39, 0.29) is 24.5 Å². The van der Waals surface area contributed by atoms with Gasteiger partial charge in [-0.3, -0.25) is 4.79 Å². The van der Waals surface area contributed by atoms with Gasteiger partial charge in [-0.1, -0.05) is 6.92 Å². The SMILES string of the molecule is CC[C@H](C)OC(=O)[C@H](C)N.Cl. The highest BCUT2D eigenvalue weighted by Gasteiger charge is 2.11. The Morgan fingerprint density at radius 2 is 2.00 bits per heavy atom. The fourth-order valence-corrected chi connectivity index (χ4v) is 0.389. The van der Waals surface area contributed by atoms with Crippen LogP contribution in [0.25, 0.3) is 0 Å². The lowest BCUT2D eigenvalue weighted by Crippen LogP contribution is -2.31. The second-order valence-corrected chi connectivity index (χ2v) is 2.44. The molecule has 4 heteroatoms. The van der Waals surface area contributed by atoms with Crippen molar-refractivity contribution in [3.8, 4) is 0 Å². The molecule has 0 unspecified atom stereocenters. The molecule has 0 saturated carbocycles. The summed E-state index contributed by atoms with van der Waals surface area (Å²) in [6.07, 6.45) is 0.817. The van der Waals surface area contributed by atoms with E-state index in [0.29, 0.717) is 0 Å². The van der Waals surface area contributed by atoms with Crippen molar-refractivity contribution in [2.45, 2.75) is 39.3 Å². The van der Waals surface area contributed by atoms with Gasteiger partial charge in [0.05, 0.1) is 6.10 Å². The summed E-state index contributed by atoms with van der Waals surface area (Å²) in [5.41, 5.74) is 5.26. The van der Waals surface area contributed by atoms with E-state index < -0.39 is 6.04 Å². The van der Waals surface area contributed by atoms with Crippen LogP contribution in [0.2, 0.25) is 0 Å². The second-order valence-electron chi connectivity index (χ2n) is 2.44. The van der Waals surface area contributed by atoms with Crippen LogP contribution in [0, 0.1) is 0 Å². The van der Waals surface area contributed by atoms with Crippen molar-refractivity contribution < 1.29 is 9.53 Å². The average molecular weight is 182 g/mol. The molecule has 0 amide bonds. The zero-order chi connectivity index (χ0) is 8.15. The molecule has 0 aromatic rings. The van der Waals surface area contributed by atoms with E-state index in [4.69, 9.17) is 10.5 Å². The van der Waals surface area contributed by atoms with Crippen LogP contribution in [0.5, 0.6) is 0 Å². The minimum Gasteiger partial charge on any atom is -0.462 e. The highest BCUT2D eigenvalue weighted by atomic mass is 35.5. The molecule has 0 rings (SSSR count). The summed E-state index contributed by atoms with van der Waals surface area (Å²) in [5.74, 6) is -0.325. The van der Waals surface area contributed by atoms with E-state index in [1.165, 1.54) is 0 Å². The van der Waals surface area contributed by atoms with Gasteiger partial charge in [-0.2, -0.15) is 0 Å². The summed E-state index contributed by atoms with van der Waals surface area (Å²) < 4.78 is 4.90. The lowest BCUT2D eigenvalue weighted by atomic mass is 10.3. The first-order valence-electron chi connectivity index (χ1n) is 3.54. The minimum absolute atomic E-state index is 0. The van der Waals surface area contributed by atoms with Crippen LogP contribution >= 0.6 is 12.4 Å². The molecule has 0 aliphatic rings. The van der Waals surface area contributed by atoms with Crippen molar-refractivity contribution in [2.24, 2.45) is 5.73 Å². The molecule has 0 aromatic carbocycles. The average Bonchev–Trinajstić information content (AvgIpc) is 1.87. The van der Waals surface area contributed by atoms with Crippen LogP contribution in [-0.4, -0.2) is 18.1 Å². The molecule has 2 atom stereocenters. The molecule has 11 heavy (non-hydrogen) atoms. The molecule has 0 radical (unpaired) electrons. The summed E-state index contributed by atoms with van der Waals surface area (Å²) in [7, 11) is 0. The van der Waals surface area contributed by atoms with Crippen LogP contribution in [0.15, 0.2) is 0 Å². The van der Waals surface area contributed by atoms with Gasteiger partial charge in [0.25, 0.3) is 0 Å². The van der Waals surface area contributed by atoms with Gasteiger partial charge in [0, 0.05) is 0 Å². The van der Waals surface area contributed by atoms with E-state index >= 15 is 0 Å². The monoisotopic (exact) mass is 181 g/mol. The van der Waals surface area contributed by atoms with E-state index in [1.807, 2.05) is 13.8 Å². The fourth-order valence-electron chi connectivity index (χ4n) is 0.389. The van der Waals surface area contributed by atoms with Crippen LogP contribution in [0.4, 0.5) is 0 Å². The third-order valence-corrected chi connectivity index (χ3v) is 1.26. The number of rotatable bonds is 3. The Bertz CT molecular complexity index is 117. The number of hydrogen-bond acceptors (Lipinski definition) is 3. The largest absolute Gasteiger partial charge is 0.462 e. The maximum Gasteiger partial charge on any atom is 0.322 e. The number of ether oxygens (including phenoxy) is 1. The minimum atomic E-state index is -0.506. The van der Waals surface area contributed by atoms with Gasteiger partial charge >= 0.3 is 5.97 Å². The van der Waals surface area contributed by atoms with Crippen molar-refractivity contribution in [3.63, 3.8) is 0 Å². The molecule has 0 aromatic heterocycles.